The van der Waals surface area contributed by atoms with E-state index in [9.17, 15) is 0 Å². The van der Waals surface area contributed by atoms with Gasteiger partial charge in [0.05, 0.1) is 18.3 Å². The van der Waals surface area contributed by atoms with Crippen LogP contribution in [0, 0.1) is 12.0 Å². The Hall–Kier alpha value is -4.81. The molecular weight excluding hydrogens is 466 g/mol. The zero-order valence-electron chi connectivity index (χ0n) is 20.2. The lowest BCUT2D eigenvalue weighted by Crippen LogP contribution is -2.17. The SMILES string of the molecule is COCCOc1ccc2c(c1)CN(c1nccc(-c3nccc(C#Cn4ncc5ccccc54)n3)n1)C2. The summed E-state index contributed by atoms with van der Waals surface area (Å²) in [5.41, 5.74) is 4.60. The average molecular weight is 490 g/mol. The van der Waals surface area contributed by atoms with Gasteiger partial charge in [0, 0.05) is 44.0 Å². The minimum Gasteiger partial charge on any atom is -0.491 e. The van der Waals surface area contributed by atoms with Crippen LogP contribution in [0.25, 0.3) is 22.4 Å². The van der Waals surface area contributed by atoms with Crippen LogP contribution in [0.1, 0.15) is 16.8 Å². The van der Waals surface area contributed by atoms with Crippen LogP contribution in [-0.2, 0) is 17.8 Å². The molecule has 0 bridgehead atoms. The number of nitrogens with zero attached hydrogens (tertiary/aromatic N) is 7. The first-order valence-electron chi connectivity index (χ1n) is 11.9. The Morgan fingerprint density at radius 1 is 0.919 bits per heavy atom. The zero-order chi connectivity index (χ0) is 25.0. The Balaban J connectivity index is 1.20. The molecule has 0 atom stereocenters. The highest BCUT2D eigenvalue weighted by Crippen LogP contribution is 2.29. The van der Waals surface area contributed by atoms with Crippen LogP contribution in [0.4, 0.5) is 5.95 Å². The normalized spacial score (nSPS) is 12.3. The van der Waals surface area contributed by atoms with Crippen LogP contribution in [0.2, 0.25) is 0 Å². The maximum Gasteiger partial charge on any atom is 0.226 e. The van der Waals surface area contributed by atoms with Crippen LogP contribution >= 0.6 is 0 Å². The molecule has 1 aliphatic heterocycles. The molecule has 0 saturated carbocycles. The van der Waals surface area contributed by atoms with Crippen LogP contribution in [0.15, 0.2) is 73.2 Å². The molecule has 37 heavy (non-hydrogen) atoms. The van der Waals surface area contributed by atoms with Gasteiger partial charge in [0.1, 0.15) is 23.7 Å². The summed E-state index contributed by atoms with van der Waals surface area (Å²) < 4.78 is 12.5. The smallest absolute Gasteiger partial charge is 0.226 e. The molecule has 0 amide bonds. The fourth-order valence-corrected chi connectivity index (χ4v) is 4.19. The standard InChI is InChI=1S/C28H23N7O2/c1-36-14-15-37-24-7-6-21-18-34(19-22(21)16-24)28-30-12-9-25(33-28)27-29-11-8-23(32-27)10-13-35-26-5-3-2-4-20(26)17-31-35/h2-9,11-12,16-17H,14-15,18-19H2,1H3. The molecule has 0 radical (unpaired) electrons. The lowest BCUT2D eigenvalue weighted by molar-refractivity contribution is 0.146. The Morgan fingerprint density at radius 3 is 2.76 bits per heavy atom. The first-order valence-corrected chi connectivity index (χ1v) is 11.9. The Kier molecular flexibility index (Phi) is 6.15. The number of benzene rings is 2. The molecule has 0 spiro atoms. The zero-order valence-corrected chi connectivity index (χ0v) is 20.2. The summed E-state index contributed by atoms with van der Waals surface area (Å²) in [6.07, 6.45) is 5.22. The lowest BCUT2D eigenvalue weighted by Gasteiger charge is -2.15. The fraction of sp³-hybridized carbons (Fsp3) is 0.179. The number of para-hydroxylation sites is 1. The topological polar surface area (TPSA) is 91.1 Å². The van der Waals surface area contributed by atoms with Gasteiger partial charge in [-0.05, 0) is 47.4 Å². The van der Waals surface area contributed by atoms with Gasteiger partial charge in [-0.1, -0.05) is 24.3 Å². The number of aromatic nitrogens is 6. The lowest BCUT2D eigenvalue weighted by atomic mass is 10.1. The Morgan fingerprint density at radius 2 is 1.81 bits per heavy atom. The van der Waals surface area contributed by atoms with Crippen molar-refractivity contribution in [2.45, 2.75) is 13.1 Å². The Bertz CT molecular complexity index is 1640. The van der Waals surface area contributed by atoms with E-state index in [0.717, 1.165) is 23.2 Å². The van der Waals surface area contributed by atoms with Crippen LogP contribution in [0.5, 0.6) is 5.75 Å². The highest BCUT2D eigenvalue weighted by molar-refractivity contribution is 5.79. The van der Waals surface area contributed by atoms with Gasteiger partial charge in [-0.3, -0.25) is 0 Å². The number of fused-ring (bicyclic) bond motifs is 2. The summed E-state index contributed by atoms with van der Waals surface area (Å²) in [5.74, 6) is 5.03. The molecule has 6 rings (SSSR count). The molecule has 9 heteroatoms. The second-order valence-corrected chi connectivity index (χ2v) is 8.49. The third-order valence-corrected chi connectivity index (χ3v) is 6.03. The summed E-state index contributed by atoms with van der Waals surface area (Å²) in [7, 11) is 1.66. The molecule has 0 unspecified atom stereocenters. The molecule has 1 aliphatic rings. The molecule has 2 aromatic carbocycles. The maximum absolute atomic E-state index is 5.76. The van der Waals surface area contributed by atoms with Gasteiger partial charge >= 0.3 is 0 Å². The maximum atomic E-state index is 5.76. The molecule has 3 aromatic heterocycles. The Labute approximate surface area is 213 Å². The van der Waals surface area contributed by atoms with E-state index in [1.807, 2.05) is 36.4 Å². The van der Waals surface area contributed by atoms with Crippen molar-refractivity contribution in [1.29, 1.82) is 0 Å². The van der Waals surface area contributed by atoms with Gasteiger partial charge in [0.2, 0.25) is 5.95 Å². The van der Waals surface area contributed by atoms with E-state index in [0.29, 0.717) is 42.9 Å². The van der Waals surface area contributed by atoms with Gasteiger partial charge in [-0.25, -0.2) is 19.9 Å². The molecule has 9 nitrogen and oxygen atoms in total. The van der Waals surface area contributed by atoms with Gasteiger partial charge in [-0.2, -0.15) is 9.78 Å². The number of hydrogen-bond donors (Lipinski definition) is 0. The molecule has 4 heterocycles. The number of ether oxygens (including phenoxy) is 2. The third-order valence-electron chi connectivity index (χ3n) is 6.03. The van der Waals surface area contributed by atoms with Gasteiger partial charge in [0.15, 0.2) is 5.82 Å². The van der Waals surface area contributed by atoms with Gasteiger partial charge in [-0.15, -0.1) is 0 Å². The van der Waals surface area contributed by atoms with Crippen molar-refractivity contribution in [3.8, 4) is 29.2 Å². The van der Waals surface area contributed by atoms with Gasteiger partial charge < -0.3 is 14.4 Å². The van der Waals surface area contributed by atoms with Crippen molar-refractivity contribution < 1.29 is 9.47 Å². The molecule has 0 saturated heterocycles. The minimum absolute atomic E-state index is 0.492. The number of anilines is 1. The summed E-state index contributed by atoms with van der Waals surface area (Å²) in [6, 6.07) is 20.7. The van der Waals surface area contributed by atoms with E-state index >= 15 is 0 Å². The second kappa shape index (κ2) is 10.0. The first kappa shape index (κ1) is 22.6. The molecule has 5 aromatic rings. The molecule has 0 aliphatic carbocycles. The minimum atomic E-state index is 0.492. The summed E-state index contributed by atoms with van der Waals surface area (Å²) >= 11 is 0. The van der Waals surface area contributed by atoms with E-state index in [2.05, 4.69) is 49.0 Å². The van der Waals surface area contributed by atoms with Crippen molar-refractivity contribution in [1.82, 2.24) is 29.7 Å². The second-order valence-electron chi connectivity index (χ2n) is 8.49. The van der Waals surface area contributed by atoms with Crippen molar-refractivity contribution >= 4 is 16.9 Å². The van der Waals surface area contributed by atoms with E-state index in [-0.39, 0.29) is 0 Å². The number of rotatable bonds is 6. The molecular formula is C28H23N7O2. The average Bonchev–Trinajstić information content (AvgIpc) is 3.56. The summed E-state index contributed by atoms with van der Waals surface area (Å²) in [6.45, 7) is 2.50. The molecule has 182 valence electrons. The van der Waals surface area contributed by atoms with Crippen molar-refractivity contribution in [2.24, 2.45) is 0 Å². The quantitative estimate of drug-likeness (QED) is 0.264. The molecule has 0 fully saturated rings. The predicted octanol–water partition coefficient (Wildman–Crippen LogP) is 3.69. The van der Waals surface area contributed by atoms with E-state index in [1.165, 1.54) is 11.1 Å². The highest BCUT2D eigenvalue weighted by atomic mass is 16.5. The summed E-state index contributed by atoms with van der Waals surface area (Å²) in [5, 5.41) is 5.38. The first-order chi connectivity index (χ1) is 18.3. The van der Waals surface area contributed by atoms with Crippen LogP contribution in [-0.4, -0.2) is 50.0 Å². The molecule has 0 N–H and O–H groups in total. The van der Waals surface area contributed by atoms with Crippen LogP contribution < -0.4 is 9.64 Å². The van der Waals surface area contributed by atoms with E-state index in [1.54, 1.807) is 36.4 Å². The van der Waals surface area contributed by atoms with Crippen molar-refractivity contribution in [3.63, 3.8) is 0 Å². The van der Waals surface area contributed by atoms with E-state index in [4.69, 9.17) is 14.5 Å². The number of hydrogen-bond acceptors (Lipinski definition) is 8. The monoisotopic (exact) mass is 489 g/mol. The van der Waals surface area contributed by atoms with Crippen LogP contribution in [0.3, 0.4) is 0 Å². The van der Waals surface area contributed by atoms with Crippen molar-refractivity contribution in [3.05, 3.63) is 90.0 Å². The van der Waals surface area contributed by atoms with Gasteiger partial charge in [0.25, 0.3) is 0 Å². The highest BCUT2D eigenvalue weighted by Gasteiger charge is 2.22. The fourth-order valence-electron chi connectivity index (χ4n) is 4.19. The van der Waals surface area contributed by atoms with E-state index < -0.39 is 0 Å². The third kappa shape index (κ3) is 4.83. The number of methoxy groups -OCH3 is 1. The largest absolute Gasteiger partial charge is 0.491 e. The van der Waals surface area contributed by atoms with Crippen molar-refractivity contribution in [2.75, 3.05) is 25.2 Å². The predicted molar refractivity (Wildman–Crippen MR) is 139 cm³/mol. The summed E-state index contributed by atoms with van der Waals surface area (Å²) in [4.78, 5) is 20.4.